The van der Waals surface area contributed by atoms with Crippen LogP contribution in [0.25, 0.3) is 0 Å². The van der Waals surface area contributed by atoms with Crippen molar-refractivity contribution in [3.05, 3.63) is 83.9 Å². The Morgan fingerprint density at radius 2 is 1.66 bits per heavy atom. The third-order valence-corrected chi connectivity index (χ3v) is 6.51. The fourth-order valence-corrected chi connectivity index (χ4v) is 4.62. The van der Waals surface area contributed by atoms with E-state index in [-0.39, 0.29) is 6.79 Å². The van der Waals surface area contributed by atoms with Crippen molar-refractivity contribution in [1.29, 1.82) is 0 Å². The molecular formula is C33H42N2O6. The minimum atomic E-state index is -0.888. The molecule has 0 saturated heterocycles. The lowest BCUT2D eigenvalue weighted by Crippen LogP contribution is -2.51. The zero-order valence-electron chi connectivity index (χ0n) is 24.6. The number of aliphatic hydroxyl groups is 1. The van der Waals surface area contributed by atoms with Crippen LogP contribution in [0.15, 0.2) is 72.8 Å². The van der Waals surface area contributed by atoms with Gasteiger partial charge in [-0.2, -0.15) is 0 Å². The Balaban J connectivity index is 1.48. The number of carbonyl (C=O) groups is 1. The van der Waals surface area contributed by atoms with E-state index in [0.717, 1.165) is 22.6 Å². The van der Waals surface area contributed by atoms with Gasteiger partial charge in [-0.05, 0) is 68.5 Å². The summed E-state index contributed by atoms with van der Waals surface area (Å²) in [5.74, 6) is 2.48. The second-order valence-electron chi connectivity index (χ2n) is 11.8. The number of alkyl carbamates (subject to hydrolysis) is 1. The van der Waals surface area contributed by atoms with Gasteiger partial charge in [0.1, 0.15) is 18.0 Å². The largest absolute Gasteiger partial charge is 0.489 e. The number of rotatable bonds is 12. The predicted octanol–water partition coefficient (Wildman–Crippen LogP) is 5.95. The molecule has 1 amide bonds. The highest BCUT2D eigenvalue weighted by molar-refractivity contribution is 5.68. The van der Waals surface area contributed by atoms with Gasteiger partial charge in [-0.3, -0.25) is 0 Å². The van der Waals surface area contributed by atoms with Crippen LogP contribution in [-0.4, -0.2) is 48.8 Å². The van der Waals surface area contributed by atoms with Gasteiger partial charge in [0.25, 0.3) is 0 Å². The average molecular weight is 563 g/mol. The summed E-state index contributed by atoms with van der Waals surface area (Å²) in [5, 5.41) is 14.4. The number of nitrogens with zero attached hydrogens (tertiary/aromatic N) is 1. The summed E-state index contributed by atoms with van der Waals surface area (Å²) >= 11 is 0. The van der Waals surface area contributed by atoms with Crippen molar-refractivity contribution >= 4 is 11.8 Å². The number of aliphatic hydroxyl groups excluding tert-OH is 1. The molecule has 2 atom stereocenters. The van der Waals surface area contributed by atoms with Crippen LogP contribution >= 0.6 is 0 Å². The normalized spacial score (nSPS) is 13.9. The first-order valence-electron chi connectivity index (χ1n) is 14.1. The molecule has 0 spiro atoms. The van der Waals surface area contributed by atoms with E-state index in [0.29, 0.717) is 43.5 Å². The van der Waals surface area contributed by atoms with Crippen molar-refractivity contribution in [2.24, 2.45) is 5.92 Å². The van der Waals surface area contributed by atoms with E-state index in [9.17, 15) is 9.90 Å². The van der Waals surface area contributed by atoms with Crippen LogP contribution in [0.5, 0.6) is 17.2 Å². The van der Waals surface area contributed by atoms with Crippen molar-refractivity contribution in [3.8, 4) is 17.2 Å². The van der Waals surface area contributed by atoms with Gasteiger partial charge in [0, 0.05) is 24.8 Å². The summed E-state index contributed by atoms with van der Waals surface area (Å²) in [6, 6.07) is 22.9. The minimum Gasteiger partial charge on any atom is -0.489 e. The third kappa shape index (κ3) is 9.32. The summed E-state index contributed by atoms with van der Waals surface area (Å²) in [4.78, 5) is 14.9. The number of fused-ring (bicyclic) bond motifs is 1. The van der Waals surface area contributed by atoms with Crippen LogP contribution in [0.4, 0.5) is 10.5 Å². The molecule has 0 aliphatic carbocycles. The number of nitrogens with one attached hydrogen (secondary N) is 1. The molecule has 2 N–H and O–H groups in total. The zero-order valence-corrected chi connectivity index (χ0v) is 24.6. The molecule has 3 aromatic rings. The maximum atomic E-state index is 12.8. The van der Waals surface area contributed by atoms with Crippen molar-refractivity contribution < 1.29 is 28.8 Å². The van der Waals surface area contributed by atoms with E-state index in [1.165, 1.54) is 0 Å². The molecule has 1 heterocycles. The molecule has 0 bridgehead atoms. The van der Waals surface area contributed by atoms with Gasteiger partial charge in [0.05, 0.1) is 12.1 Å². The molecule has 8 heteroatoms. The molecule has 0 unspecified atom stereocenters. The summed E-state index contributed by atoms with van der Waals surface area (Å²) in [6.45, 7) is 11.4. The molecule has 8 nitrogen and oxygen atoms in total. The zero-order chi connectivity index (χ0) is 29.4. The molecule has 4 rings (SSSR count). The molecule has 0 aromatic heterocycles. The number of benzene rings is 3. The first-order valence-corrected chi connectivity index (χ1v) is 14.1. The second kappa shape index (κ2) is 13.6. The molecule has 3 aromatic carbocycles. The maximum Gasteiger partial charge on any atom is 0.407 e. The van der Waals surface area contributed by atoms with E-state index in [1.54, 1.807) is 0 Å². The van der Waals surface area contributed by atoms with Gasteiger partial charge in [0.15, 0.2) is 11.5 Å². The molecule has 1 aliphatic heterocycles. The number of anilines is 1. The van der Waals surface area contributed by atoms with Crippen molar-refractivity contribution in [3.63, 3.8) is 0 Å². The Hall–Kier alpha value is -3.91. The number of amides is 1. The van der Waals surface area contributed by atoms with Crippen LogP contribution in [0.2, 0.25) is 0 Å². The van der Waals surface area contributed by atoms with Crippen molar-refractivity contribution in [1.82, 2.24) is 5.32 Å². The lowest BCUT2D eigenvalue weighted by Gasteiger charge is -2.33. The van der Waals surface area contributed by atoms with Gasteiger partial charge in [0.2, 0.25) is 6.79 Å². The average Bonchev–Trinajstić information content (AvgIpc) is 3.39. The Morgan fingerprint density at radius 3 is 2.34 bits per heavy atom. The monoisotopic (exact) mass is 562 g/mol. The lowest BCUT2D eigenvalue weighted by molar-refractivity contribution is 0.0428. The van der Waals surface area contributed by atoms with E-state index in [4.69, 9.17) is 18.9 Å². The summed E-state index contributed by atoms with van der Waals surface area (Å²) in [6.07, 6.45) is -1.04. The fourth-order valence-electron chi connectivity index (χ4n) is 4.62. The highest BCUT2D eigenvalue weighted by atomic mass is 16.7. The molecular weight excluding hydrogens is 520 g/mol. The summed E-state index contributed by atoms with van der Waals surface area (Å²) in [5.41, 5.74) is 2.30. The van der Waals surface area contributed by atoms with E-state index in [1.807, 2.05) is 93.6 Å². The first kappa shape index (κ1) is 30.1. The lowest BCUT2D eigenvalue weighted by atomic mass is 10.00. The van der Waals surface area contributed by atoms with E-state index < -0.39 is 23.8 Å². The van der Waals surface area contributed by atoms with Gasteiger partial charge in [-0.1, -0.05) is 56.3 Å². The van der Waals surface area contributed by atoms with Gasteiger partial charge >= 0.3 is 6.09 Å². The van der Waals surface area contributed by atoms with Gasteiger partial charge in [-0.15, -0.1) is 0 Å². The number of ether oxygens (including phenoxy) is 4. The molecule has 0 fully saturated rings. The van der Waals surface area contributed by atoms with Crippen LogP contribution < -0.4 is 24.4 Å². The van der Waals surface area contributed by atoms with Crippen molar-refractivity contribution in [2.45, 2.75) is 65.4 Å². The Bertz CT molecular complexity index is 1260. The highest BCUT2D eigenvalue weighted by Crippen LogP contribution is 2.36. The molecule has 41 heavy (non-hydrogen) atoms. The van der Waals surface area contributed by atoms with Crippen molar-refractivity contribution in [2.75, 3.05) is 24.8 Å². The predicted molar refractivity (Wildman–Crippen MR) is 160 cm³/mol. The van der Waals surface area contributed by atoms with E-state index in [2.05, 4.69) is 24.1 Å². The van der Waals surface area contributed by atoms with Crippen LogP contribution in [-0.2, 0) is 17.8 Å². The minimum absolute atomic E-state index is 0.198. The Labute approximate surface area is 243 Å². The summed E-state index contributed by atoms with van der Waals surface area (Å²) < 4.78 is 22.5. The first-order chi connectivity index (χ1) is 19.6. The number of hydrogen-bond acceptors (Lipinski definition) is 7. The van der Waals surface area contributed by atoms with Gasteiger partial charge < -0.3 is 34.3 Å². The Morgan fingerprint density at radius 1 is 0.951 bits per heavy atom. The molecule has 1 aliphatic rings. The molecule has 0 radical (unpaired) electrons. The fraction of sp³-hybridized carbons (Fsp3) is 0.424. The summed E-state index contributed by atoms with van der Waals surface area (Å²) in [7, 11) is 0. The quantitative estimate of drug-likeness (QED) is 0.282. The van der Waals surface area contributed by atoms with E-state index >= 15 is 0 Å². The number of hydrogen-bond donors (Lipinski definition) is 2. The van der Waals surface area contributed by atoms with Crippen LogP contribution in [0.1, 0.15) is 45.7 Å². The second-order valence-corrected chi connectivity index (χ2v) is 11.8. The SMILES string of the molecule is CC(C)CN(C[C@@H](O)[C@H](Cc1ccc(OCc2ccccc2)cc1)NC(=O)OC(C)(C)C)c1ccc2c(c1)OCO2. The topological polar surface area (TPSA) is 89.5 Å². The number of carbonyl (C=O) groups excluding carboxylic acids is 1. The molecule has 0 saturated carbocycles. The maximum absolute atomic E-state index is 12.8. The standard InChI is InChI=1S/C33H42N2O6/c1-23(2)19-35(26-13-16-30-31(18-26)40-22-39-30)20-29(36)28(34-32(37)41-33(3,4)5)17-24-11-14-27(15-12-24)38-21-25-9-7-6-8-10-25/h6-16,18,23,28-29,36H,17,19-22H2,1-5H3,(H,34,37)/t28-,29+/m0/s1. The highest BCUT2D eigenvalue weighted by Gasteiger charge is 2.28. The third-order valence-electron chi connectivity index (χ3n) is 6.51. The van der Waals surface area contributed by atoms with Crippen LogP contribution in [0.3, 0.4) is 0 Å². The Kier molecular flexibility index (Phi) is 10.00. The smallest absolute Gasteiger partial charge is 0.407 e. The molecule has 220 valence electrons. The van der Waals surface area contributed by atoms with Gasteiger partial charge in [-0.25, -0.2) is 4.79 Å². The van der Waals surface area contributed by atoms with Crippen LogP contribution in [0, 0.1) is 5.92 Å².